The number of β-lactam (4-membered cyclic amide) rings is 1. The van der Waals surface area contributed by atoms with Gasteiger partial charge in [-0.25, -0.2) is 19.4 Å². The van der Waals surface area contributed by atoms with Crippen LogP contribution in [0.25, 0.3) is 0 Å². The van der Waals surface area contributed by atoms with E-state index < -0.39 is 47.2 Å². The van der Waals surface area contributed by atoms with Crippen LogP contribution >= 0.6 is 23.3 Å². The van der Waals surface area contributed by atoms with E-state index >= 15 is 0 Å². The number of nitrogen functional groups attached to an aromatic ring is 1. The molecule has 19 nitrogen and oxygen atoms in total. The molecular weight excluding hydrogens is 688 g/mol. The molecule has 6 heterocycles. The molecule has 4 aliphatic heterocycles. The van der Waals surface area contributed by atoms with Gasteiger partial charge in [0.25, 0.3) is 11.8 Å². The highest BCUT2D eigenvalue weighted by molar-refractivity contribution is 8.00. The predicted octanol–water partition coefficient (Wildman–Crippen LogP) is 0.906. The third-order valence-electron chi connectivity index (χ3n) is 8.45. The fourth-order valence-electron chi connectivity index (χ4n) is 6.12. The number of ether oxygens (including phenoxy) is 1. The molecule has 260 valence electrons. The largest absolute Gasteiger partial charge is 0.519 e. The number of hydrogen-bond donors (Lipinski definition) is 3. The topological polar surface area (TPSA) is 261 Å². The Labute approximate surface area is 284 Å². The number of fused-ring (bicyclic) bond motifs is 1. The zero-order chi connectivity index (χ0) is 35.1. The lowest BCUT2D eigenvalue weighted by molar-refractivity contribution is -0.150. The summed E-state index contributed by atoms with van der Waals surface area (Å²) >= 11 is 1.96. The smallest absolute Gasteiger partial charge is 0.477 e. The Balaban J connectivity index is 1.08. The first kappa shape index (κ1) is 33.8. The summed E-state index contributed by atoms with van der Waals surface area (Å²) in [4.78, 5) is 95.2. The van der Waals surface area contributed by atoms with E-state index in [4.69, 9.17) is 19.3 Å². The van der Waals surface area contributed by atoms with Crippen LogP contribution in [0.15, 0.2) is 41.7 Å². The molecule has 3 saturated heterocycles. The highest BCUT2D eigenvalue weighted by Crippen LogP contribution is 2.42. The van der Waals surface area contributed by atoms with Crippen LogP contribution in [-0.4, -0.2) is 102 Å². The summed E-state index contributed by atoms with van der Waals surface area (Å²) in [6.45, 7) is 4.22. The molecule has 49 heavy (non-hydrogen) atoms. The van der Waals surface area contributed by atoms with Crippen LogP contribution in [0.1, 0.15) is 56.0 Å². The standard InChI is InChI=1S/C28H30N8O11S2/c1-11(2)19-15(46-28(43)47-19)9-45-27(42)34-5-4-14(8-34)35-6-3-12(22(35)38)7-13-10-48-24-17(23(39)36(24)18(13)25(40)41)30-21(37)16(32-44)20-31-26(29)49-33-20/h7,11,14,16-17,24H,3-6,8-10H2,1-2H3,(H,30,37)(H,40,41)(H2,29,31,33)/t14-,16?,17-,24-/m1/s1. The van der Waals surface area contributed by atoms with Crippen LogP contribution in [0, 0.1) is 4.91 Å². The molecule has 0 aromatic carbocycles. The Morgan fingerprint density at radius 2 is 2.00 bits per heavy atom. The molecule has 0 spiro atoms. The van der Waals surface area contributed by atoms with Crippen molar-refractivity contribution in [2.45, 2.75) is 62.7 Å². The van der Waals surface area contributed by atoms with E-state index in [1.165, 1.54) is 22.7 Å². The number of rotatable bonds is 10. The van der Waals surface area contributed by atoms with Gasteiger partial charge in [0, 0.05) is 48.4 Å². The Morgan fingerprint density at radius 3 is 2.67 bits per heavy atom. The van der Waals surface area contributed by atoms with Crippen LogP contribution in [-0.2, 0) is 30.5 Å². The van der Waals surface area contributed by atoms with Gasteiger partial charge in [0.1, 0.15) is 17.1 Å². The fraction of sp³-hybridized carbons (Fsp3) is 0.500. The second-order valence-corrected chi connectivity index (χ2v) is 13.7. The van der Waals surface area contributed by atoms with Crippen molar-refractivity contribution in [1.82, 2.24) is 29.4 Å². The number of nitrogens with zero attached hydrogens (tertiary/aromatic N) is 6. The van der Waals surface area contributed by atoms with Crippen molar-refractivity contribution in [2.24, 2.45) is 5.18 Å². The van der Waals surface area contributed by atoms with E-state index in [0.29, 0.717) is 37.3 Å². The van der Waals surface area contributed by atoms with Gasteiger partial charge in [0.05, 0.1) is 6.04 Å². The van der Waals surface area contributed by atoms with Gasteiger partial charge in [-0.3, -0.25) is 19.3 Å². The lowest BCUT2D eigenvalue weighted by Crippen LogP contribution is -2.70. The molecule has 21 heteroatoms. The average Bonchev–Trinajstić information content (AvgIpc) is 3.87. The van der Waals surface area contributed by atoms with Gasteiger partial charge in [0.15, 0.2) is 29.1 Å². The number of likely N-dealkylation sites (tertiary alicyclic amines) is 2. The van der Waals surface area contributed by atoms with Crippen molar-refractivity contribution in [3.05, 3.63) is 55.8 Å². The normalized spacial score (nSPS) is 23.6. The maximum atomic E-state index is 13.5. The van der Waals surface area contributed by atoms with Crippen molar-refractivity contribution < 1.29 is 42.7 Å². The van der Waals surface area contributed by atoms with E-state index in [1.807, 2.05) is 0 Å². The summed E-state index contributed by atoms with van der Waals surface area (Å²) in [6, 6.07) is -3.07. The molecule has 0 saturated carbocycles. The molecule has 0 bridgehead atoms. The van der Waals surface area contributed by atoms with Gasteiger partial charge in [-0.05, 0) is 29.7 Å². The summed E-state index contributed by atoms with van der Waals surface area (Å²) in [5.41, 5.74) is 5.84. The molecule has 6 rings (SSSR count). The van der Waals surface area contributed by atoms with Crippen molar-refractivity contribution in [3.8, 4) is 0 Å². The molecular formula is C28H30N8O11S2. The van der Waals surface area contributed by atoms with Crippen LogP contribution in [0.2, 0.25) is 0 Å². The van der Waals surface area contributed by atoms with Crippen molar-refractivity contribution in [1.29, 1.82) is 0 Å². The number of carbonyl (C=O) groups is 5. The van der Waals surface area contributed by atoms with E-state index in [0.717, 1.165) is 16.4 Å². The Hall–Kier alpha value is -5.05. The summed E-state index contributed by atoms with van der Waals surface area (Å²) in [7, 11) is 0. The predicted molar refractivity (Wildman–Crippen MR) is 168 cm³/mol. The van der Waals surface area contributed by atoms with Crippen LogP contribution in [0.4, 0.5) is 9.93 Å². The Kier molecular flexibility index (Phi) is 9.29. The number of anilines is 1. The van der Waals surface area contributed by atoms with Gasteiger partial charge in [0.2, 0.25) is 11.9 Å². The number of allylic oxidation sites excluding steroid dienone is 1. The summed E-state index contributed by atoms with van der Waals surface area (Å²) in [5, 5.41) is 14.5. The molecule has 0 radical (unpaired) electrons. The minimum absolute atomic E-state index is 0.0256. The molecule has 0 aliphatic carbocycles. The van der Waals surface area contributed by atoms with Gasteiger partial charge in [-0.2, -0.15) is 4.37 Å². The van der Waals surface area contributed by atoms with Crippen molar-refractivity contribution in [2.75, 3.05) is 31.1 Å². The minimum Gasteiger partial charge on any atom is -0.477 e. The lowest BCUT2D eigenvalue weighted by Gasteiger charge is -2.49. The summed E-state index contributed by atoms with van der Waals surface area (Å²) in [6.07, 6.45) is 1.67. The van der Waals surface area contributed by atoms with Crippen molar-refractivity contribution >= 4 is 58.2 Å². The Bertz CT molecular complexity index is 1850. The van der Waals surface area contributed by atoms with E-state index in [9.17, 15) is 38.8 Å². The van der Waals surface area contributed by atoms with E-state index in [1.54, 1.807) is 18.7 Å². The lowest BCUT2D eigenvalue weighted by atomic mass is 10.0. The number of nitroso groups, excluding NO2 is 1. The van der Waals surface area contributed by atoms with Gasteiger partial charge < -0.3 is 39.5 Å². The maximum absolute atomic E-state index is 13.5. The molecule has 2 aromatic rings. The van der Waals surface area contributed by atoms with E-state index in [2.05, 4.69) is 19.9 Å². The fourth-order valence-corrected chi connectivity index (χ4v) is 7.89. The SMILES string of the molecule is CC(C)c1oc(=O)oc1COC(=O)N1CC[C@@H](N2CCC(=CC3=C(C(=O)O)N4C(=O)[C@@H](NC(=O)C(N=O)c5nsc(N)n5)[C@H]4SC3)C2=O)C1. The number of aromatic nitrogens is 2. The molecule has 3 fully saturated rings. The molecule has 4 N–H and O–H groups in total. The molecule has 1 unspecified atom stereocenters. The number of nitrogens with two attached hydrogens (primary N) is 1. The number of carboxylic acids is 1. The third-order valence-corrected chi connectivity index (χ3v) is 10.3. The number of nitrogens with one attached hydrogen (secondary N) is 1. The minimum atomic E-state index is -1.64. The summed E-state index contributed by atoms with van der Waals surface area (Å²) in [5.74, 6) is -4.01. The number of hydrogen-bond acceptors (Lipinski definition) is 16. The first-order valence-corrected chi connectivity index (χ1v) is 16.9. The zero-order valence-electron chi connectivity index (χ0n) is 26.0. The molecule has 4 aliphatic rings. The van der Waals surface area contributed by atoms with Gasteiger partial charge >= 0.3 is 17.9 Å². The molecule has 4 atom stereocenters. The molecule has 4 amide bonds. The van der Waals surface area contributed by atoms with Crippen LogP contribution in [0.5, 0.6) is 0 Å². The van der Waals surface area contributed by atoms with Gasteiger partial charge in [-0.1, -0.05) is 13.8 Å². The second-order valence-electron chi connectivity index (χ2n) is 11.8. The quantitative estimate of drug-likeness (QED) is 0.175. The average molecular weight is 719 g/mol. The first-order chi connectivity index (χ1) is 23.4. The number of carbonyl (C=O) groups excluding carboxylic acids is 4. The van der Waals surface area contributed by atoms with Crippen molar-refractivity contribution in [3.63, 3.8) is 0 Å². The third kappa shape index (κ3) is 6.42. The monoisotopic (exact) mass is 718 g/mol. The number of aliphatic carboxylic acids is 1. The highest BCUT2D eigenvalue weighted by Gasteiger charge is 2.54. The number of carboxylic acid groups (broad SMARTS) is 1. The highest BCUT2D eigenvalue weighted by atomic mass is 32.2. The first-order valence-electron chi connectivity index (χ1n) is 15.1. The summed E-state index contributed by atoms with van der Waals surface area (Å²) < 4.78 is 19.2. The van der Waals surface area contributed by atoms with Crippen LogP contribution in [0.3, 0.4) is 0 Å². The molecule has 2 aromatic heterocycles. The number of thioether (sulfide) groups is 1. The zero-order valence-corrected chi connectivity index (χ0v) is 27.7. The second kappa shape index (κ2) is 13.5. The number of amides is 4. The Morgan fingerprint density at radius 1 is 1.22 bits per heavy atom. The van der Waals surface area contributed by atoms with Gasteiger partial charge in [-0.15, -0.1) is 16.7 Å². The van der Waals surface area contributed by atoms with E-state index in [-0.39, 0.29) is 64.8 Å². The maximum Gasteiger partial charge on any atom is 0.519 e. The van der Waals surface area contributed by atoms with Crippen LogP contribution < -0.4 is 16.9 Å².